The molecule has 2 unspecified atom stereocenters. The zero-order valence-corrected chi connectivity index (χ0v) is 9.87. The largest absolute Gasteiger partial charge is 0.393 e. The molecule has 2 atom stereocenters. The number of aliphatic hydroxyl groups is 2. The van der Waals surface area contributed by atoms with E-state index < -0.39 is 0 Å². The number of hydrogen-bond donors (Lipinski definition) is 2. The molecule has 0 rings (SSSR count). The fraction of sp³-hybridized carbons (Fsp3) is 1.00. The minimum absolute atomic E-state index is 0.168. The van der Waals surface area contributed by atoms with Gasteiger partial charge in [-0.15, -0.1) is 0 Å². The average Bonchev–Trinajstić information content (AvgIpc) is 2.13. The maximum Gasteiger partial charge on any atom is 0.0542 e. The van der Waals surface area contributed by atoms with E-state index in [1.807, 2.05) is 0 Å². The van der Waals surface area contributed by atoms with Crippen molar-refractivity contribution in [2.24, 2.45) is 5.92 Å². The van der Waals surface area contributed by atoms with Gasteiger partial charge in [0.15, 0.2) is 0 Å². The summed E-state index contributed by atoms with van der Waals surface area (Å²) in [7, 11) is 0. The van der Waals surface area contributed by atoms with Gasteiger partial charge in [0.1, 0.15) is 0 Å². The monoisotopic (exact) mass is 202 g/mol. The number of rotatable bonds is 8. The van der Waals surface area contributed by atoms with Gasteiger partial charge in [0, 0.05) is 0 Å². The predicted octanol–water partition coefficient (Wildman–Crippen LogP) is 2.72. The van der Waals surface area contributed by atoms with Crippen molar-refractivity contribution in [3.8, 4) is 0 Å². The van der Waals surface area contributed by atoms with Gasteiger partial charge in [-0.25, -0.2) is 0 Å². The number of hydrogen-bond acceptors (Lipinski definition) is 2. The van der Waals surface area contributed by atoms with E-state index in [9.17, 15) is 5.11 Å². The highest BCUT2D eigenvalue weighted by Crippen LogP contribution is 2.18. The van der Waals surface area contributed by atoms with Crippen molar-refractivity contribution in [1.29, 1.82) is 0 Å². The van der Waals surface area contributed by atoms with Crippen molar-refractivity contribution < 1.29 is 10.2 Å². The summed E-state index contributed by atoms with van der Waals surface area (Å²) in [5.41, 5.74) is 0. The van der Waals surface area contributed by atoms with E-state index in [0.29, 0.717) is 5.92 Å². The molecule has 0 bridgehead atoms. The topological polar surface area (TPSA) is 40.5 Å². The second-order valence-electron chi connectivity index (χ2n) is 4.35. The third-order valence-corrected chi connectivity index (χ3v) is 2.92. The van der Waals surface area contributed by atoms with Gasteiger partial charge in [0.2, 0.25) is 0 Å². The van der Waals surface area contributed by atoms with Crippen LogP contribution in [0.1, 0.15) is 59.3 Å². The lowest BCUT2D eigenvalue weighted by molar-refractivity contribution is 0.117. The summed E-state index contributed by atoms with van der Waals surface area (Å²) in [4.78, 5) is 0. The standard InChI is InChI=1S/C12H26O2/c1-4-11(5-2)9-12(14)8-6-7-10(3)13/h10-14H,4-9H2,1-3H3. The van der Waals surface area contributed by atoms with E-state index in [2.05, 4.69) is 13.8 Å². The van der Waals surface area contributed by atoms with Crippen LogP contribution in [0.5, 0.6) is 0 Å². The molecule has 0 aromatic carbocycles. The summed E-state index contributed by atoms with van der Waals surface area (Å²) in [5.74, 6) is 0.663. The zero-order chi connectivity index (χ0) is 11.0. The molecule has 0 radical (unpaired) electrons. The fourth-order valence-electron chi connectivity index (χ4n) is 1.77. The van der Waals surface area contributed by atoms with E-state index in [1.54, 1.807) is 6.92 Å². The van der Waals surface area contributed by atoms with Gasteiger partial charge in [-0.2, -0.15) is 0 Å². The van der Waals surface area contributed by atoms with Gasteiger partial charge in [-0.3, -0.25) is 0 Å². The summed E-state index contributed by atoms with van der Waals surface area (Å²) in [6, 6.07) is 0. The normalized spacial score (nSPS) is 15.9. The van der Waals surface area contributed by atoms with Crippen LogP contribution in [0.25, 0.3) is 0 Å². The minimum atomic E-state index is -0.227. The lowest BCUT2D eigenvalue weighted by atomic mass is 9.94. The van der Waals surface area contributed by atoms with Crippen LogP contribution in [0.3, 0.4) is 0 Å². The third kappa shape index (κ3) is 7.34. The average molecular weight is 202 g/mol. The fourth-order valence-corrected chi connectivity index (χ4v) is 1.77. The van der Waals surface area contributed by atoms with Crippen molar-refractivity contribution >= 4 is 0 Å². The van der Waals surface area contributed by atoms with Gasteiger partial charge >= 0.3 is 0 Å². The Balaban J connectivity index is 3.48. The van der Waals surface area contributed by atoms with E-state index in [1.165, 1.54) is 0 Å². The first-order chi connectivity index (χ1) is 6.60. The molecule has 0 aromatic heterocycles. The first-order valence-corrected chi connectivity index (χ1v) is 5.96. The third-order valence-electron chi connectivity index (χ3n) is 2.92. The molecule has 2 heteroatoms. The molecule has 0 aliphatic heterocycles. The Labute approximate surface area is 88.3 Å². The molecular formula is C12H26O2. The summed E-state index contributed by atoms with van der Waals surface area (Å²) in [6.45, 7) is 6.15. The van der Waals surface area contributed by atoms with Gasteiger partial charge in [-0.1, -0.05) is 26.7 Å². The SMILES string of the molecule is CCC(CC)CC(O)CCCC(C)O. The second-order valence-corrected chi connectivity index (χ2v) is 4.35. The van der Waals surface area contributed by atoms with Crippen LogP contribution in [-0.4, -0.2) is 22.4 Å². The van der Waals surface area contributed by atoms with E-state index >= 15 is 0 Å². The molecular weight excluding hydrogens is 176 g/mol. The van der Waals surface area contributed by atoms with Crippen LogP contribution in [0.15, 0.2) is 0 Å². The highest BCUT2D eigenvalue weighted by Gasteiger charge is 2.11. The predicted molar refractivity (Wildman–Crippen MR) is 60.2 cm³/mol. The summed E-state index contributed by atoms with van der Waals surface area (Å²) in [5, 5.41) is 18.8. The first-order valence-electron chi connectivity index (χ1n) is 5.96. The first kappa shape index (κ1) is 13.9. The van der Waals surface area contributed by atoms with Crippen LogP contribution >= 0.6 is 0 Å². The lowest BCUT2D eigenvalue weighted by Crippen LogP contribution is -2.13. The van der Waals surface area contributed by atoms with Crippen LogP contribution in [0.2, 0.25) is 0 Å². The maximum atomic E-state index is 9.71. The molecule has 0 aliphatic rings. The Bertz CT molecular complexity index is 119. The Hall–Kier alpha value is -0.0800. The van der Waals surface area contributed by atoms with Gasteiger partial charge in [-0.05, 0) is 38.5 Å². The Morgan fingerprint density at radius 1 is 1.00 bits per heavy atom. The maximum absolute atomic E-state index is 9.71. The van der Waals surface area contributed by atoms with Crippen molar-refractivity contribution in [1.82, 2.24) is 0 Å². The highest BCUT2D eigenvalue weighted by atomic mass is 16.3. The summed E-state index contributed by atoms with van der Waals surface area (Å²) < 4.78 is 0. The van der Waals surface area contributed by atoms with Crippen LogP contribution in [0.4, 0.5) is 0 Å². The zero-order valence-electron chi connectivity index (χ0n) is 9.87. The molecule has 0 fully saturated rings. The second kappa shape index (κ2) is 8.25. The Morgan fingerprint density at radius 3 is 2.00 bits per heavy atom. The summed E-state index contributed by atoms with van der Waals surface area (Å²) >= 11 is 0. The van der Waals surface area contributed by atoms with Gasteiger partial charge < -0.3 is 10.2 Å². The lowest BCUT2D eigenvalue weighted by Gasteiger charge is -2.17. The molecule has 0 saturated heterocycles. The van der Waals surface area contributed by atoms with Crippen molar-refractivity contribution in [3.63, 3.8) is 0 Å². The van der Waals surface area contributed by atoms with Crippen molar-refractivity contribution in [2.45, 2.75) is 71.5 Å². The van der Waals surface area contributed by atoms with Crippen molar-refractivity contribution in [2.75, 3.05) is 0 Å². The van der Waals surface area contributed by atoms with E-state index in [0.717, 1.165) is 38.5 Å². The van der Waals surface area contributed by atoms with Gasteiger partial charge in [0.05, 0.1) is 12.2 Å². The smallest absolute Gasteiger partial charge is 0.0542 e. The number of aliphatic hydroxyl groups excluding tert-OH is 2. The van der Waals surface area contributed by atoms with Crippen molar-refractivity contribution in [3.05, 3.63) is 0 Å². The summed E-state index contributed by atoms with van der Waals surface area (Å²) in [6.07, 6.45) is 5.41. The molecule has 2 N–H and O–H groups in total. The molecule has 0 aliphatic carbocycles. The molecule has 0 aromatic rings. The Kier molecular flexibility index (Phi) is 8.20. The molecule has 0 spiro atoms. The van der Waals surface area contributed by atoms with Crippen LogP contribution in [-0.2, 0) is 0 Å². The molecule has 0 saturated carbocycles. The van der Waals surface area contributed by atoms with E-state index in [-0.39, 0.29) is 12.2 Å². The van der Waals surface area contributed by atoms with Crippen LogP contribution in [0, 0.1) is 5.92 Å². The van der Waals surface area contributed by atoms with Gasteiger partial charge in [0.25, 0.3) is 0 Å². The quantitative estimate of drug-likeness (QED) is 0.635. The Morgan fingerprint density at radius 2 is 1.57 bits per heavy atom. The van der Waals surface area contributed by atoms with E-state index in [4.69, 9.17) is 5.11 Å². The molecule has 0 heterocycles. The molecule has 86 valence electrons. The molecule has 2 nitrogen and oxygen atoms in total. The molecule has 14 heavy (non-hydrogen) atoms. The minimum Gasteiger partial charge on any atom is -0.393 e. The highest BCUT2D eigenvalue weighted by molar-refractivity contribution is 4.63. The van der Waals surface area contributed by atoms with Crippen LogP contribution < -0.4 is 0 Å². The molecule has 0 amide bonds.